The van der Waals surface area contributed by atoms with Crippen LogP contribution in [0.5, 0.6) is 0 Å². The van der Waals surface area contributed by atoms with E-state index >= 15 is 0 Å². The number of likely N-dealkylation sites (tertiary alicyclic amines) is 1. The van der Waals surface area contributed by atoms with Gasteiger partial charge in [-0.2, -0.15) is 5.10 Å². The highest BCUT2D eigenvalue weighted by molar-refractivity contribution is 6.06. The summed E-state index contributed by atoms with van der Waals surface area (Å²) in [5, 5.41) is 5.72. The molecule has 4 heteroatoms. The van der Waals surface area contributed by atoms with Crippen molar-refractivity contribution in [2.24, 2.45) is 17.8 Å². The molecule has 0 spiro atoms. The lowest BCUT2D eigenvalue weighted by Gasteiger charge is -2.23. The van der Waals surface area contributed by atoms with E-state index in [0.717, 1.165) is 40.6 Å². The van der Waals surface area contributed by atoms with Gasteiger partial charge >= 0.3 is 0 Å². The fourth-order valence-corrected chi connectivity index (χ4v) is 4.52. The molecule has 1 aliphatic heterocycles. The second kappa shape index (κ2) is 6.24. The molecule has 0 bridgehead atoms. The number of ketones is 1. The molecule has 2 fully saturated rings. The molecule has 1 aromatic heterocycles. The second-order valence-electron chi connectivity index (χ2n) is 8.45. The van der Waals surface area contributed by atoms with E-state index in [4.69, 9.17) is 0 Å². The Labute approximate surface area is 150 Å². The zero-order chi connectivity index (χ0) is 17.7. The number of carbonyl (C=O) groups excluding carboxylic acids is 1. The molecule has 2 heterocycles. The van der Waals surface area contributed by atoms with Gasteiger partial charge in [-0.25, -0.2) is 0 Å². The van der Waals surface area contributed by atoms with Crippen molar-refractivity contribution in [3.8, 4) is 0 Å². The Hall–Kier alpha value is -1.68. The number of hydrogen-bond acceptors (Lipinski definition) is 3. The molecule has 2 aliphatic rings. The lowest BCUT2D eigenvalue weighted by Crippen LogP contribution is -2.31. The molecule has 1 saturated heterocycles. The predicted octanol–water partition coefficient (Wildman–Crippen LogP) is 4.17. The monoisotopic (exact) mass is 339 g/mol. The van der Waals surface area contributed by atoms with Gasteiger partial charge in [0.15, 0.2) is 5.78 Å². The fraction of sp³-hybridized carbons (Fsp3) is 0.619. The van der Waals surface area contributed by atoms with Crippen LogP contribution in [0.15, 0.2) is 24.4 Å². The van der Waals surface area contributed by atoms with Crippen LogP contribution in [0.3, 0.4) is 0 Å². The smallest absolute Gasteiger partial charge is 0.165 e. The molecule has 1 aliphatic carbocycles. The molecule has 4 nitrogen and oxygen atoms in total. The first-order valence-electron chi connectivity index (χ1n) is 9.71. The van der Waals surface area contributed by atoms with Gasteiger partial charge in [-0.05, 0) is 57.9 Å². The highest BCUT2D eigenvalue weighted by atomic mass is 16.1. The zero-order valence-electron chi connectivity index (χ0n) is 15.8. The Morgan fingerprint density at radius 3 is 2.52 bits per heavy atom. The maximum absolute atomic E-state index is 12.8. The molecule has 2 unspecified atom stereocenters. The van der Waals surface area contributed by atoms with Gasteiger partial charge in [-0.15, -0.1) is 0 Å². The van der Waals surface area contributed by atoms with Crippen LogP contribution in [0.25, 0.3) is 10.9 Å². The summed E-state index contributed by atoms with van der Waals surface area (Å²) in [6, 6.07) is 6.93. The Morgan fingerprint density at radius 2 is 1.88 bits per heavy atom. The average molecular weight is 339 g/mol. The van der Waals surface area contributed by atoms with Gasteiger partial charge in [-0.1, -0.05) is 12.1 Å². The van der Waals surface area contributed by atoms with Crippen LogP contribution in [-0.4, -0.2) is 39.6 Å². The Bertz CT molecular complexity index is 780. The number of fused-ring (bicyclic) bond motifs is 2. The third-order valence-electron chi connectivity index (χ3n) is 6.22. The number of carbonyl (C=O) groups is 1. The summed E-state index contributed by atoms with van der Waals surface area (Å²) >= 11 is 0. The summed E-state index contributed by atoms with van der Waals surface area (Å²) in [7, 11) is 0. The molecule has 25 heavy (non-hydrogen) atoms. The van der Waals surface area contributed by atoms with Gasteiger partial charge in [0.05, 0.1) is 0 Å². The van der Waals surface area contributed by atoms with Crippen LogP contribution in [0.2, 0.25) is 0 Å². The molecule has 1 aromatic carbocycles. The quantitative estimate of drug-likeness (QED) is 0.742. The molecule has 0 radical (unpaired) electrons. The van der Waals surface area contributed by atoms with Crippen molar-refractivity contribution in [3.63, 3.8) is 0 Å². The number of aromatic nitrogens is 2. The van der Waals surface area contributed by atoms with E-state index in [0.29, 0.717) is 18.5 Å². The number of piperidine rings is 1. The summed E-state index contributed by atoms with van der Waals surface area (Å²) in [5.74, 6) is 2.70. The first-order valence-corrected chi connectivity index (χ1v) is 9.71. The molecule has 1 saturated carbocycles. The summed E-state index contributed by atoms with van der Waals surface area (Å²) in [4.78, 5) is 15.4. The number of nitrogens with zero attached hydrogens (tertiary/aromatic N) is 3. The lowest BCUT2D eigenvalue weighted by atomic mass is 10.0. The molecule has 2 aromatic rings. The summed E-state index contributed by atoms with van der Waals surface area (Å²) in [6.45, 7) is 11.2. The first kappa shape index (κ1) is 16.8. The predicted molar refractivity (Wildman–Crippen MR) is 101 cm³/mol. The maximum Gasteiger partial charge on any atom is 0.165 e. The Kier molecular flexibility index (Phi) is 4.19. The van der Waals surface area contributed by atoms with Gasteiger partial charge in [0.2, 0.25) is 0 Å². The van der Waals surface area contributed by atoms with Crippen molar-refractivity contribution >= 4 is 16.7 Å². The topological polar surface area (TPSA) is 38.1 Å². The number of rotatable bonds is 6. The second-order valence-corrected chi connectivity index (χ2v) is 8.45. The minimum absolute atomic E-state index is 0.255. The van der Waals surface area contributed by atoms with Crippen LogP contribution in [0.4, 0.5) is 0 Å². The van der Waals surface area contributed by atoms with Crippen LogP contribution in [0.1, 0.15) is 56.9 Å². The molecule has 0 N–H and O–H groups in total. The van der Waals surface area contributed by atoms with Crippen LogP contribution in [0, 0.1) is 17.8 Å². The van der Waals surface area contributed by atoms with E-state index in [2.05, 4.69) is 37.7 Å². The first-order chi connectivity index (χ1) is 12.0. The molecule has 2 atom stereocenters. The van der Waals surface area contributed by atoms with E-state index in [9.17, 15) is 4.79 Å². The van der Waals surface area contributed by atoms with Crippen molar-refractivity contribution in [1.29, 1.82) is 0 Å². The van der Waals surface area contributed by atoms with Crippen LogP contribution < -0.4 is 0 Å². The minimum atomic E-state index is 0.255. The molecule has 134 valence electrons. The van der Waals surface area contributed by atoms with Gasteiger partial charge in [0, 0.05) is 48.7 Å². The van der Waals surface area contributed by atoms with Gasteiger partial charge in [-0.3, -0.25) is 9.48 Å². The van der Waals surface area contributed by atoms with Crippen LogP contribution in [-0.2, 0) is 0 Å². The van der Waals surface area contributed by atoms with Crippen LogP contribution >= 0.6 is 0 Å². The maximum atomic E-state index is 12.8. The molecule has 4 rings (SSSR count). The van der Waals surface area contributed by atoms with E-state index in [1.807, 2.05) is 29.1 Å². The Morgan fingerprint density at radius 1 is 1.16 bits per heavy atom. The Balaban J connectivity index is 1.40. The summed E-state index contributed by atoms with van der Waals surface area (Å²) in [6.07, 6.45) is 3.75. The average Bonchev–Trinajstić information content (AvgIpc) is 2.96. The fourth-order valence-electron chi connectivity index (χ4n) is 4.52. The largest absolute Gasteiger partial charge is 0.300 e. The highest BCUT2D eigenvalue weighted by Crippen LogP contribution is 2.54. The summed E-state index contributed by atoms with van der Waals surface area (Å²) in [5.41, 5.74) is 1.66. The van der Waals surface area contributed by atoms with Gasteiger partial charge < -0.3 is 4.90 Å². The third kappa shape index (κ3) is 3.01. The van der Waals surface area contributed by atoms with E-state index in [-0.39, 0.29) is 5.78 Å². The standard InChI is InChI=1S/C21H29N3O/c1-13(2)23-11-18-16(19(18)12-23)8-9-20(25)17-7-5-6-15-10-24(14(3)4)22-21(15)17/h5-7,10,13-14,16,18-19H,8-9,11-12H2,1-4H3. The van der Waals surface area contributed by atoms with E-state index < -0.39 is 0 Å². The lowest BCUT2D eigenvalue weighted by molar-refractivity contribution is 0.0976. The van der Waals surface area contributed by atoms with E-state index in [1.165, 1.54) is 13.1 Å². The summed E-state index contributed by atoms with van der Waals surface area (Å²) < 4.78 is 1.95. The van der Waals surface area contributed by atoms with Crippen molar-refractivity contribution < 1.29 is 4.79 Å². The minimum Gasteiger partial charge on any atom is -0.300 e. The van der Waals surface area contributed by atoms with E-state index in [1.54, 1.807) is 0 Å². The highest BCUT2D eigenvalue weighted by Gasteiger charge is 2.55. The van der Waals surface area contributed by atoms with Crippen molar-refractivity contribution in [3.05, 3.63) is 30.0 Å². The van der Waals surface area contributed by atoms with Gasteiger partial charge in [0.1, 0.15) is 5.52 Å². The third-order valence-corrected chi connectivity index (χ3v) is 6.22. The number of benzene rings is 1. The number of hydrogen-bond donors (Lipinski definition) is 0. The molecular weight excluding hydrogens is 310 g/mol. The van der Waals surface area contributed by atoms with Gasteiger partial charge in [0.25, 0.3) is 0 Å². The number of Topliss-reactive ketones (excluding diaryl/α,β-unsaturated/α-hetero) is 1. The zero-order valence-corrected chi connectivity index (χ0v) is 15.8. The molecule has 0 amide bonds. The molecular formula is C21H29N3O. The normalized spacial score (nSPS) is 25.9. The van der Waals surface area contributed by atoms with Crippen molar-refractivity contribution in [1.82, 2.24) is 14.7 Å². The van der Waals surface area contributed by atoms with Crippen molar-refractivity contribution in [2.75, 3.05) is 13.1 Å². The SMILES string of the molecule is CC(C)N1CC2C(CCC(=O)c3cccc4cn(C(C)C)nc34)C2C1. The van der Waals surface area contributed by atoms with Crippen molar-refractivity contribution in [2.45, 2.75) is 52.6 Å².